The minimum Gasteiger partial charge on any atom is -0.369 e. The van der Waals surface area contributed by atoms with E-state index < -0.39 is 5.82 Å². The van der Waals surface area contributed by atoms with Gasteiger partial charge in [-0.2, -0.15) is 0 Å². The quantitative estimate of drug-likeness (QED) is 0.512. The van der Waals surface area contributed by atoms with Crippen molar-refractivity contribution in [3.63, 3.8) is 0 Å². The molecule has 0 aliphatic rings. The van der Waals surface area contributed by atoms with E-state index >= 15 is 0 Å². The average molecular weight is 308 g/mol. The molecule has 0 aromatic heterocycles. The largest absolute Gasteiger partial charge is 0.369 e. The van der Waals surface area contributed by atoms with Crippen molar-refractivity contribution in [2.24, 2.45) is 11.5 Å². The van der Waals surface area contributed by atoms with E-state index in [4.69, 9.17) is 16.9 Å². The lowest BCUT2D eigenvalue weighted by atomic mass is 10.1. The molecule has 0 bridgehead atoms. The lowest BCUT2D eigenvalue weighted by Gasteiger charge is -2.25. The van der Waals surface area contributed by atoms with E-state index in [0.717, 1.165) is 16.3 Å². The molecular formula is C18H17FN4. The van der Waals surface area contributed by atoms with Crippen molar-refractivity contribution in [3.05, 3.63) is 72.0 Å². The molecule has 4 nitrogen and oxygen atoms in total. The van der Waals surface area contributed by atoms with E-state index in [1.54, 1.807) is 12.1 Å². The zero-order valence-corrected chi connectivity index (χ0v) is 12.5. The summed E-state index contributed by atoms with van der Waals surface area (Å²) in [5.74, 6) is -0.709. The van der Waals surface area contributed by atoms with Crippen LogP contribution in [0.4, 0.5) is 15.8 Å². The number of nitrogens with one attached hydrogen (secondary N) is 1. The molecule has 5 heteroatoms. The first-order valence-electron chi connectivity index (χ1n) is 7.22. The number of nitrogens with two attached hydrogens (primary N) is 2. The van der Waals surface area contributed by atoms with Crippen LogP contribution in [-0.4, -0.2) is 5.96 Å². The zero-order chi connectivity index (χ0) is 16.4. The standard InChI is InChI=1S/C18H17FN4/c19-15-9-8-12(11-20)10-17(15)23(18(21)22)16-7-3-5-13-4-1-2-6-14(13)16/h1-10H,11,20H2,(H3,21,22). The van der Waals surface area contributed by atoms with Crippen molar-refractivity contribution in [2.45, 2.75) is 6.54 Å². The Morgan fingerprint density at radius 3 is 2.48 bits per heavy atom. The number of fused-ring (bicyclic) bond motifs is 1. The summed E-state index contributed by atoms with van der Waals surface area (Å²) in [4.78, 5) is 1.40. The van der Waals surface area contributed by atoms with Gasteiger partial charge >= 0.3 is 0 Å². The predicted molar refractivity (Wildman–Crippen MR) is 92.3 cm³/mol. The van der Waals surface area contributed by atoms with Gasteiger partial charge in [-0.25, -0.2) is 4.39 Å². The Balaban J connectivity index is 2.25. The Morgan fingerprint density at radius 2 is 1.74 bits per heavy atom. The Kier molecular flexibility index (Phi) is 3.95. The number of rotatable bonds is 3. The van der Waals surface area contributed by atoms with Gasteiger partial charge in [0.15, 0.2) is 5.96 Å². The summed E-state index contributed by atoms with van der Waals surface area (Å²) in [7, 11) is 0. The third-order valence-corrected chi connectivity index (χ3v) is 3.74. The van der Waals surface area contributed by atoms with Gasteiger partial charge in [-0.3, -0.25) is 10.3 Å². The van der Waals surface area contributed by atoms with Crippen LogP contribution in [0, 0.1) is 11.2 Å². The van der Waals surface area contributed by atoms with Crippen molar-refractivity contribution < 1.29 is 4.39 Å². The van der Waals surface area contributed by atoms with Crippen LogP contribution in [0.5, 0.6) is 0 Å². The van der Waals surface area contributed by atoms with Crippen LogP contribution >= 0.6 is 0 Å². The molecule has 0 saturated heterocycles. The summed E-state index contributed by atoms with van der Waals surface area (Å²) in [5.41, 5.74) is 13.1. The van der Waals surface area contributed by atoms with Gasteiger partial charge in [0.2, 0.25) is 0 Å². The number of benzene rings is 3. The molecule has 0 amide bonds. The number of nitrogens with zero attached hydrogens (tertiary/aromatic N) is 1. The van der Waals surface area contributed by atoms with Crippen LogP contribution in [0.1, 0.15) is 5.56 Å². The van der Waals surface area contributed by atoms with Gasteiger partial charge in [-0.05, 0) is 29.1 Å². The number of halogens is 1. The third-order valence-electron chi connectivity index (χ3n) is 3.74. The number of hydrogen-bond acceptors (Lipinski definition) is 2. The van der Waals surface area contributed by atoms with E-state index in [0.29, 0.717) is 5.69 Å². The molecule has 0 radical (unpaired) electrons. The van der Waals surface area contributed by atoms with Gasteiger partial charge in [-0.15, -0.1) is 0 Å². The molecule has 116 valence electrons. The van der Waals surface area contributed by atoms with E-state index in [1.165, 1.54) is 11.0 Å². The van der Waals surface area contributed by atoms with E-state index in [9.17, 15) is 4.39 Å². The zero-order valence-electron chi connectivity index (χ0n) is 12.5. The minimum absolute atomic E-state index is 0.219. The molecule has 3 aromatic carbocycles. The smallest absolute Gasteiger partial charge is 0.197 e. The molecule has 0 unspecified atom stereocenters. The van der Waals surface area contributed by atoms with Crippen molar-refractivity contribution >= 4 is 28.1 Å². The maximum atomic E-state index is 14.4. The van der Waals surface area contributed by atoms with Crippen LogP contribution in [0.3, 0.4) is 0 Å². The summed E-state index contributed by atoms with van der Waals surface area (Å²) in [6.07, 6.45) is 0. The van der Waals surface area contributed by atoms with Crippen LogP contribution in [0.25, 0.3) is 10.8 Å². The lowest BCUT2D eigenvalue weighted by molar-refractivity contribution is 0.628. The molecule has 0 atom stereocenters. The highest BCUT2D eigenvalue weighted by Gasteiger charge is 2.19. The van der Waals surface area contributed by atoms with Crippen LogP contribution in [-0.2, 0) is 6.54 Å². The topological polar surface area (TPSA) is 79.1 Å². The highest BCUT2D eigenvalue weighted by molar-refractivity contribution is 6.08. The third kappa shape index (κ3) is 2.74. The molecule has 0 heterocycles. The molecule has 0 spiro atoms. The Morgan fingerprint density at radius 1 is 1.00 bits per heavy atom. The normalized spacial score (nSPS) is 10.7. The first kappa shape index (κ1) is 15.0. The molecule has 0 aliphatic heterocycles. The average Bonchev–Trinajstić information content (AvgIpc) is 2.57. The highest BCUT2D eigenvalue weighted by Crippen LogP contribution is 2.33. The van der Waals surface area contributed by atoms with Crippen LogP contribution in [0.15, 0.2) is 60.7 Å². The minimum atomic E-state index is -0.453. The van der Waals surface area contributed by atoms with Crippen LogP contribution < -0.4 is 16.4 Å². The van der Waals surface area contributed by atoms with Gasteiger partial charge in [0.1, 0.15) is 5.82 Å². The second-order valence-electron chi connectivity index (χ2n) is 5.21. The van der Waals surface area contributed by atoms with Crippen molar-refractivity contribution in [3.8, 4) is 0 Å². The molecule has 5 N–H and O–H groups in total. The Labute approximate surface area is 133 Å². The fourth-order valence-electron chi connectivity index (χ4n) is 2.65. The predicted octanol–water partition coefficient (Wildman–Crippen LogP) is 3.47. The monoisotopic (exact) mass is 308 g/mol. The maximum absolute atomic E-state index is 14.4. The van der Waals surface area contributed by atoms with E-state index in [1.807, 2.05) is 42.5 Å². The van der Waals surface area contributed by atoms with Crippen molar-refractivity contribution in [1.29, 1.82) is 5.41 Å². The SMILES string of the molecule is N=C(N)N(c1cc(CN)ccc1F)c1cccc2ccccc12. The summed E-state index contributed by atoms with van der Waals surface area (Å²) in [6, 6.07) is 17.9. The molecular weight excluding hydrogens is 291 g/mol. The van der Waals surface area contributed by atoms with Gasteiger partial charge in [-0.1, -0.05) is 42.5 Å². The molecule has 23 heavy (non-hydrogen) atoms. The van der Waals surface area contributed by atoms with Gasteiger partial charge in [0.05, 0.1) is 11.4 Å². The Bertz CT molecular complexity index is 871. The van der Waals surface area contributed by atoms with Gasteiger partial charge < -0.3 is 11.5 Å². The summed E-state index contributed by atoms with van der Waals surface area (Å²) in [5, 5.41) is 9.82. The number of anilines is 2. The first-order valence-corrected chi connectivity index (χ1v) is 7.22. The van der Waals surface area contributed by atoms with Crippen molar-refractivity contribution in [1.82, 2.24) is 0 Å². The molecule has 0 aliphatic carbocycles. The fourth-order valence-corrected chi connectivity index (χ4v) is 2.65. The van der Waals surface area contributed by atoms with E-state index in [-0.39, 0.29) is 18.2 Å². The summed E-state index contributed by atoms with van der Waals surface area (Å²) < 4.78 is 14.4. The number of guanidine groups is 1. The Hall–Kier alpha value is -2.92. The van der Waals surface area contributed by atoms with Gasteiger partial charge in [0, 0.05) is 11.9 Å². The molecule has 3 rings (SSSR count). The summed E-state index contributed by atoms with van der Waals surface area (Å²) >= 11 is 0. The van der Waals surface area contributed by atoms with Crippen LogP contribution in [0.2, 0.25) is 0 Å². The maximum Gasteiger partial charge on any atom is 0.197 e. The molecule has 0 saturated carbocycles. The van der Waals surface area contributed by atoms with E-state index in [2.05, 4.69) is 0 Å². The molecule has 0 fully saturated rings. The number of hydrogen-bond donors (Lipinski definition) is 3. The second kappa shape index (κ2) is 6.06. The lowest BCUT2D eigenvalue weighted by Crippen LogP contribution is -2.33. The first-order chi connectivity index (χ1) is 11.1. The second-order valence-corrected chi connectivity index (χ2v) is 5.21. The van der Waals surface area contributed by atoms with Gasteiger partial charge in [0.25, 0.3) is 0 Å². The summed E-state index contributed by atoms with van der Waals surface area (Å²) in [6.45, 7) is 0.286. The molecule has 3 aromatic rings. The fraction of sp³-hybridized carbons (Fsp3) is 0.0556. The highest BCUT2D eigenvalue weighted by atomic mass is 19.1. The van der Waals surface area contributed by atoms with Crippen molar-refractivity contribution in [2.75, 3.05) is 4.90 Å².